The van der Waals surface area contributed by atoms with Crippen LogP contribution in [0.3, 0.4) is 0 Å². The van der Waals surface area contributed by atoms with E-state index in [1.165, 1.54) is 0 Å². The molecular formula is C15H24ClNO. The summed E-state index contributed by atoms with van der Waals surface area (Å²) in [5.74, 6) is 0.908. The van der Waals surface area contributed by atoms with Crippen molar-refractivity contribution < 1.29 is 4.74 Å². The summed E-state index contributed by atoms with van der Waals surface area (Å²) in [5, 5.41) is 0.749. The van der Waals surface area contributed by atoms with Crippen molar-refractivity contribution in [2.24, 2.45) is 0 Å². The predicted octanol–water partition coefficient (Wildman–Crippen LogP) is 4.23. The van der Waals surface area contributed by atoms with Gasteiger partial charge in [0.25, 0.3) is 0 Å². The lowest BCUT2D eigenvalue weighted by molar-refractivity contribution is 0.162. The summed E-state index contributed by atoms with van der Waals surface area (Å²) in [6, 6.07) is 7.60. The maximum Gasteiger partial charge on any atom is 0.119 e. The average molecular weight is 270 g/mol. The van der Waals surface area contributed by atoms with Gasteiger partial charge in [-0.25, -0.2) is 0 Å². The smallest absolute Gasteiger partial charge is 0.119 e. The van der Waals surface area contributed by atoms with E-state index in [1.54, 1.807) is 0 Å². The summed E-state index contributed by atoms with van der Waals surface area (Å²) in [4.78, 5) is 2.42. The number of hydrogen-bond donors (Lipinski definition) is 0. The molecule has 0 bridgehead atoms. The summed E-state index contributed by atoms with van der Waals surface area (Å²) in [7, 11) is 0. The van der Waals surface area contributed by atoms with Crippen LogP contribution in [-0.2, 0) is 0 Å². The van der Waals surface area contributed by atoms with Crippen molar-refractivity contribution >= 4 is 11.6 Å². The van der Waals surface area contributed by atoms with Crippen molar-refractivity contribution in [3.05, 3.63) is 29.3 Å². The standard InChI is InChI=1S/C15H24ClNO/c1-4-14(11-12-17(5-2)6-3)18-15-9-7-13(16)8-10-15/h7-10,14H,4-6,11-12H2,1-3H3. The van der Waals surface area contributed by atoms with E-state index in [4.69, 9.17) is 16.3 Å². The summed E-state index contributed by atoms with van der Waals surface area (Å²) in [6.07, 6.45) is 2.39. The van der Waals surface area contributed by atoms with E-state index in [-0.39, 0.29) is 6.10 Å². The van der Waals surface area contributed by atoms with Gasteiger partial charge in [-0.3, -0.25) is 0 Å². The molecule has 0 saturated carbocycles. The topological polar surface area (TPSA) is 12.5 Å². The molecule has 0 heterocycles. The second kappa shape index (κ2) is 8.39. The van der Waals surface area contributed by atoms with E-state index in [9.17, 15) is 0 Å². The molecule has 1 unspecified atom stereocenters. The summed E-state index contributed by atoms with van der Waals surface area (Å²) in [6.45, 7) is 9.87. The molecule has 1 atom stereocenters. The van der Waals surface area contributed by atoms with Gasteiger partial charge in [0.05, 0.1) is 6.10 Å². The summed E-state index contributed by atoms with van der Waals surface area (Å²) >= 11 is 5.86. The first-order valence-corrected chi connectivity index (χ1v) is 7.21. The third-order valence-electron chi connectivity index (χ3n) is 3.23. The van der Waals surface area contributed by atoms with Crippen molar-refractivity contribution in [1.29, 1.82) is 0 Å². The van der Waals surface area contributed by atoms with Gasteiger partial charge in [0.2, 0.25) is 0 Å². The highest BCUT2D eigenvalue weighted by atomic mass is 35.5. The first-order valence-electron chi connectivity index (χ1n) is 6.84. The minimum absolute atomic E-state index is 0.284. The van der Waals surface area contributed by atoms with Gasteiger partial charge in [-0.2, -0.15) is 0 Å². The molecule has 18 heavy (non-hydrogen) atoms. The molecule has 1 aromatic rings. The van der Waals surface area contributed by atoms with E-state index in [0.717, 1.165) is 43.2 Å². The molecule has 0 aliphatic carbocycles. The van der Waals surface area contributed by atoms with Gasteiger partial charge in [0, 0.05) is 11.6 Å². The highest BCUT2D eigenvalue weighted by Gasteiger charge is 2.10. The number of hydrogen-bond acceptors (Lipinski definition) is 2. The Bertz CT molecular complexity index is 322. The molecule has 0 radical (unpaired) electrons. The normalized spacial score (nSPS) is 12.7. The molecule has 0 saturated heterocycles. The van der Waals surface area contributed by atoms with E-state index >= 15 is 0 Å². The molecule has 0 N–H and O–H groups in total. The molecule has 0 fully saturated rings. The largest absolute Gasteiger partial charge is 0.490 e. The Hall–Kier alpha value is -0.730. The van der Waals surface area contributed by atoms with Crippen LogP contribution in [-0.4, -0.2) is 30.6 Å². The predicted molar refractivity (Wildman–Crippen MR) is 78.6 cm³/mol. The van der Waals surface area contributed by atoms with Crippen LogP contribution in [0.4, 0.5) is 0 Å². The van der Waals surface area contributed by atoms with Crippen LogP contribution < -0.4 is 4.74 Å². The fourth-order valence-corrected chi connectivity index (χ4v) is 2.04. The van der Waals surface area contributed by atoms with Crippen LogP contribution in [0.25, 0.3) is 0 Å². The molecule has 2 nitrogen and oxygen atoms in total. The lowest BCUT2D eigenvalue weighted by atomic mass is 10.2. The number of rotatable bonds is 8. The van der Waals surface area contributed by atoms with E-state index in [0.29, 0.717) is 0 Å². The molecule has 0 aliphatic heterocycles. The molecule has 102 valence electrons. The second-order valence-corrected chi connectivity index (χ2v) is 4.85. The van der Waals surface area contributed by atoms with Crippen molar-refractivity contribution in [3.8, 4) is 5.75 Å². The lowest BCUT2D eigenvalue weighted by Crippen LogP contribution is -2.28. The van der Waals surface area contributed by atoms with E-state index in [1.807, 2.05) is 24.3 Å². The third kappa shape index (κ3) is 5.28. The SMILES string of the molecule is CCC(CCN(CC)CC)Oc1ccc(Cl)cc1. The maximum atomic E-state index is 5.97. The van der Waals surface area contributed by atoms with Crippen molar-refractivity contribution in [3.63, 3.8) is 0 Å². The first kappa shape index (κ1) is 15.3. The van der Waals surface area contributed by atoms with Gasteiger partial charge < -0.3 is 9.64 Å². The molecule has 3 heteroatoms. The number of nitrogens with zero attached hydrogens (tertiary/aromatic N) is 1. The van der Waals surface area contributed by atoms with Crippen molar-refractivity contribution in [2.45, 2.75) is 39.7 Å². The van der Waals surface area contributed by atoms with Crippen LogP contribution in [0.5, 0.6) is 5.75 Å². The van der Waals surface area contributed by atoms with Crippen molar-refractivity contribution in [1.82, 2.24) is 4.90 Å². The Balaban J connectivity index is 2.44. The minimum atomic E-state index is 0.284. The molecular weight excluding hydrogens is 246 g/mol. The molecule has 0 spiro atoms. The third-order valence-corrected chi connectivity index (χ3v) is 3.49. The second-order valence-electron chi connectivity index (χ2n) is 4.42. The Labute approximate surface area is 116 Å². The van der Waals surface area contributed by atoms with Gasteiger partial charge in [-0.15, -0.1) is 0 Å². The van der Waals surface area contributed by atoms with Gasteiger partial charge in [0.15, 0.2) is 0 Å². The van der Waals surface area contributed by atoms with E-state index < -0.39 is 0 Å². The lowest BCUT2D eigenvalue weighted by Gasteiger charge is -2.23. The van der Waals surface area contributed by atoms with Gasteiger partial charge in [0.1, 0.15) is 5.75 Å². The Kier molecular flexibility index (Phi) is 7.14. The Morgan fingerprint density at radius 2 is 1.72 bits per heavy atom. The quantitative estimate of drug-likeness (QED) is 0.700. The minimum Gasteiger partial charge on any atom is -0.490 e. The first-order chi connectivity index (χ1) is 8.69. The van der Waals surface area contributed by atoms with Crippen LogP contribution in [0.2, 0.25) is 5.02 Å². The fraction of sp³-hybridized carbons (Fsp3) is 0.600. The van der Waals surface area contributed by atoms with E-state index in [2.05, 4.69) is 25.7 Å². The van der Waals surface area contributed by atoms with Gasteiger partial charge in [-0.05, 0) is 50.2 Å². The highest BCUT2D eigenvalue weighted by molar-refractivity contribution is 6.30. The van der Waals surface area contributed by atoms with Gasteiger partial charge >= 0.3 is 0 Å². The number of benzene rings is 1. The van der Waals surface area contributed by atoms with Crippen LogP contribution in [0, 0.1) is 0 Å². The number of ether oxygens (including phenoxy) is 1. The molecule has 1 aromatic carbocycles. The summed E-state index contributed by atoms with van der Waals surface area (Å²) in [5.41, 5.74) is 0. The van der Waals surface area contributed by atoms with Crippen LogP contribution in [0.1, 0.15) is 33.6 Å². The van der Waals surface area contributed by atoms with Gasteiger partial charge in [-0.1, -0.05) is 32.4 Å². The Morgan fingerprint density at radius 1 is 1.11 bits per heavy atom. The zero-order chi connectivity index (χ0) is 13.4. The van der Waals surface area contributed by atoms with Crippen molar-refractivity contribution in [2.75, 3.05) is 19.6 Å². The molecule has 0 aliphatic rings. The fourth-order valence-electron chi connectivity index (χ4n) is 1.92. The zero-order valence-corrected chi connectivity index (χ0v) is 12.4. The zero-order valence-electron chi connectivity index (χ0n) is 11.7. The van der Waals surface area contributed by atoms with Crippen LogP contribution >= 0.6 is 11.6 Å². The Morgan fingerprint density at radius 3 is 2.22 bits per heavy atom. The van der Waals surface area contributed by atoms with Crippen LogP contribution in [0.15, 0.2) is 24.3 Å². The average Bonchev–Trinajstić information content (AvgIpc) is 2.40. The molecule has 0 amide bonds. The molecule has 1 rings (SSSR count). The summed E-state index contributed by atoms with van der Waals surface area (Å²) < 4.78 is 5.97. The number of halogens is 1. The monoisotopic (exact) mass is 269 g/mol. The highest BCUT2D eigenvalue weighted by Crippen LogP contribution is 2.18. The molecule has 0 aromatic heterocycles. The maximum absolute atomic E-state index is 5.97.